The van der Waals surface area contributed by atoms with Crippen molar-refractivity contribution in [2.45, 2.75) is 26.4 Å². The van der Waals surface area contributed by atoms with Crippen LogP contribution in [0.4, 0.5) is 0 Å². The van der Waals surface area contributed by atoms with E-state index in [1.54, 1.807) is 29.5 Å². The molecule has 144 valence electrons. The molecule has 0 radical (unpaired) electrons. The van der Waals surface area contributed by atoms with Crippen molar-refractivity contribution in [2.75, 3.05) is 6.54 Å². The number of hydrogen-bond acceptors (Lipinski definition) is 7. The topological polar surface area (TPSA) is 87.9 Å². The Kier molecular flexibility index (Phi) is 5.52. The first-order valence-corrected chi connectivity index (χ1v) is 10.1. The molecule has 0 saturated carbocycles. The third-order valence-corrected chi connectivity index (χ3v) is 5.28. The van der Waals surface area contributed by atoms with E-state index in [4.69, 9.17) is 16.0 Å². The van der Waals surface area contributed by atoms with E-state index in [0.29, 0.717) is 46.6 Å². The minimum absolute atomic E-state index is 0.175. The number of hydrogen-bond donors (Lipinski definition) is 1. The minimum Gasteiger partial charge on any atom is -0.419 e. The van der Waals surface area contributed by atoms with Crippen molar-refractivity contribution in [2.24, 2.45) is 0 Å². The number of H-pyrrole nitrogens is 1. The molecule has 1 aromatic carbocycles. The van der Waals surface area contributed by atoms with Crippen LogP contribution in [-0.4, -0.2) is 31.6 Å². The van der Waals surface area contributed by atoms with E-state index >= 15 is 0 Å². The average Bonchev–Trinajstić information content (AvgIpc) is 3.33. The SMILES string of the molecule is CCCN(Cc1nc2cc(Cl)ccc2c(=O)[nH]1)Cc1nnc(-c2cccs2)o1. The van der Waals surface area contributed by atoms with Crippen molar-refractivity contribution in [3.05, 3.63) is 62.8 Å². The first-order chi connectivity index (χ1) is 13.6. The van der Waals surface area contributed by atoms with Gasteiger partial charge in [-0.2, -0.15) is 0 Å². The summed E-state index contributed by atoms with van der Waals surface area (Å²) < 4.78 is 5.79. The van der Waals surface area contributed by atoms with Gasteiger partial charge in [0.25, 0.3) is 11.4 Å². The van der Waals surface area contributed by atoms with Gasteiger partial charge in [-0.1, -0.05) is 24.6 Å². The second-order valence-electron chi connectivity index (χ2n) is 6.36. The Morgan fingerprint density at radius 1 is 1.25 bits per heavy atom. The molecule has 0 aliphatic rings. The molecule has 9 heteroatoms. The number of halogens is 1. The lowest BCUT2D eigenvalue weighted by molar-refractivity contribution is 0.226. The molecule has 3 heterocycles. The van der Waals surface area contributed by atoms with Gasteiger partial charge in [-0.3, -0.25) is 9.69 Å². The van der Waals surface area contributed by atoms with Crippen molar-refractivity contribution < 1.29 is 4.42 Å². The molecular weight excluding hydrogens is 398 g/mol. The Hall–Kier alpha value is -2.55. The van der Waals surface area contributed by atoms with E-state index in [2.05, 4.69) is 32.0 Å². The zero-order valence-corrected chi connectivity index (χ0v) is 16.8. The third kappa shape index (κ3) is 4.14. The maximum Gasteiger partial charge on any atom is 0.258 e. The van der Waals surface area contributed by atoms with Crippen LogP contribution in [-0.2, 0) is 13.1 Å². The molecular formula is C19H18ClN5O2S. The van der Waals surface area contributed by atoms with Crippen LogP contribution >= 0.6 is 22.9 Å². The van der Waals surface area contributed by atoms with Crippen LogP contribution in [0.25, 0.3) is 21.7 Å². The number of aromatic amines is 1. The smallest absolute Gasteiger partial charge is 0.258 e. The Morgan fingerprint density at radius 3 is 2.93 bits per heavy atom. The summed E-state index contributed by atoms with van der Waals surface area (Å²) in [4.78, 5) is 22.8. The fourth-order valence-corrected chi connectivity index (χ4v) is 3.80. The van der Waals surface area contributed by atoms with Gasteiger partial charge in [-0.25, -0.2) is 4.98 Å². The predicted octanol–water partition coefficient (Wildman–Crippen LogP) is 4.10. The Bertz CT molecular complexity index is 1140. The van der Waals surface area contributed by atoms with E-state index in [-0.39, 0.29) is 5.56 Å². The summed E-state index contributed by atoms with van der Waals surface area (Å²) >= 11 is 7.60. The number of benzene rings is 1. The molecule has 4 rings (SSSR count). The van der Waals surface area contributed by atoms with Crippen LogP contribution < -0.4 is 5.56 Å². The van der Waals surface area contributed by atoms with E-state index in [0.717, 1.165) is 17.8 Å². The number of fused-ring (bicyclic) bond motifs is 1. The highest BCUT2D eigenvalue weighted by molar-refractivity contribution is 7.13. The molecule has 0 atom stereocenters. The van der Waals surface area contributed by atoms with Crippen LogP contribution in [0.3, 0.4) is 0 Å². The first kappa shape index (κ1) is 18.8. The number of nitrogens with zero attached hydrogens (tertiary/aromatic N) is 4. The van der Waals surface area contributed by atoms with Crippen molar-refractivity contribution >= 4 is 33.8 Å². The molecule has 0 bridgehead atoms. The van der Waals surface area contributed by atoms with Crippen molar-refractivity contribution in [3.8, 4) is 10.8 Å². The largest absolute Gasteiger partial charge is 0.419 e. The fraction of sp³-hybridized carbons (Fsp3) is 0.263. The molecule has 0 aliphatic heterocycles. The quantitative estimate of drug-likeness (QED) is 0.489. The summed E-state index contributed by atoms with van der Waals surface area (Å²) in [5.74, 6) is 1.63. The number of nitrogens with one attached hydrogen (secondary N) is 1. The number of thiophene rings is 1. The highest BCUT2D eigenvalue weighted by Crippen LogP contribution is 2.23. The molecule has 0 unspecified atom stereocenters. The van der Waals surface area contributed by atoms with E-state index in [1.165, 1.54) is 0 Å². The summed E-state index contributed by atoms with van der Waals surface area (Å²) in [7, 11) is 0. The zero-order valence-electron chi connectivity index (χ0n) is 15.2. The summed E-state index contributed by atoms with van der Waals surface area (Å²) in [6, 6.07) is 8.96. The van der Waals surface area contributed by atoms with E-state index < -0.39 is 0 Å². The number of aromatic nitrogens is 4. The molecule has 0 amide bonds. The molecule has 0 fully saturated rings. The van der Waals surface area contributed by atoms with Crippen LogP contribution in [0.15, 0.2) is 44.9 Å². The molecule has 7 nitrogen and oxygen atoms in total. The second-order valence-corrected chi connectivity index (χ2v) is 7.75. The summed E-state index contributed by atoms with van der Waals surface area (Å²) in [6.07, 6.45) is 0.940. The highest BCUT2D eigenvalue weighted by Gasteiger charge is 2.15. The van der Waals surface area contributed by atoms with Crippen LogP contribution in [0.2, 0.25) is 5.02 Å². The minimum atomic E-state index is -0.175. The Balaban J connectivity index is 1.55. The van der Waals surface area contributed by atoms with Gasteiger partial charge in [0.2, 0.25) is 5.89 Å². The molecule has 0 saturated heterocycles. The lowest BCUT2D eigenvalue weighted by atomic mass is 10.2. The maximum atomic E-state index is 12.3. The lowest BCUT2D eigenvalue weighted by Crippen LogP contribution is -2.26. The van der Waals surface area contributed by atoms with Gasteiger partial charge < -0.3 is 9.40 Å². The maximum absolute atomic E-state index is 12.3. The predicted molar refractivity (Wildman–Crippen MR) is 109 cm³/mol. The normalized spacial score (nSPS) is 11.5. The summed E-state index contributed by atoms with van der Waals surface area (Å²) in [5.41, 5.74) is 0.409. The van der Waals surface area contributed by atoms with Gasteiger partial charge >= 0.3 is 0 Å². The standard InChI is InChI=1S/C19H18ClN5O2S/c1-2-7-25(11-17-23-24-19(27-17)15-4-3-8-28-15)10-16-21-14-9-12(20)5-6-13(14)18(26)22-16/h3-6,8-9H,2,7,10-11H2,1H3,(H,21,22,26). The van der Waals surface area contributed by atoms with Gasteiger partial charge in [-0.05, 0) is 42.6 Å². The van der Waals surface area contributed by atoms with E-state index in [1.807, 2.05) is 17.5 Å². The molecule has 28 heavy (non-hydrogen) atoms. The van der Waals surface area contributed by atoms with Crippen molar-refractivity contribution in [3.63, 3.8) is 0 Å². The van der Waals surface area contributed by atoms with Gasteiger partial charge in [0.05, 0.1) is 28.9 Å². The Labute approximate surface area is 170 Å². The van der Waals surface area contributed by atoms with Crippen LogP contribution in [0.1, 0.15) is 25.1 Å². The van der Waals surface area contributed by atoms with Gasteiger partial charge in [0.15, 0.2) is 0 Å². The lowest BCUT2D eigenvalue weighted by Gasteiger charge is -2.19. The van der Waals surface area contributed by atoms with Crippen LogP contribution in [0, 0.1) is 0 Å². The van der Waals surface area contributed by atoms with Crippen molar-refractivity contribution in [1.29, 1.82) is 0 Å². The summed E-state index contributed by atoms with van der Waals surface area (Å²) in [5, 5.41) is 11.3. The average molecular weight is 416 g/mol. The molecule has 1 N–H and O–H groups in total. The van der Waals surface area contributed by atoms with Crippen LogP contribution in [0.5, 0.6) is 0 Å². The third-order valence-electron chi connectivity index (χ3n) is 4.19. The van der Waals surface area contributed by atoms with Gasteiger partial charge in [-0.15, -0.1) is 21.5 Å². The Morgan fingerprint density at radius 2 is 2.14 bits per heavy atom. The van der Waals surface area contributed by atoms with Crippen molar-refractivity contribution in [1.82, 2.24) is 25.1 Å². The molecule has 4 aromatic rings. The monoisotopic (exact) mass is 415 g/mol. The first-order valence-electron chi connectivity index (χ1n) is 8.89. The fourth-order valence-electron chi connectivity index (χ4n) is 2.99. The molecule has 0 aliphatic carbocycles. The highest BCUT2D eigenvalue weighted by atomic mass is 35.5. The number of rotatable bonds is 7. The van der Waals surface area contributed by atoms with Gasteiger partial charge in [0.1, 0.15) is 5.82 Å². The molecule has 0 spiro atoms. The van der Waals surface area contributed by atoms with Gasteiger partial charge in [0, 0.05) is 5.02 Å². The van der Waals surface area contributed by atoms with E-state index in [9.17, 15) is 4.79 Å². The second kappa shape index (κ2) is 8.22. The zero-order chi connectivity index (χ0) is 19.5. The molecule has 3 aromatic heterocycles. The summed E-state index contributed by atoms with van der Waals surface area (Å²) in [6.45, 7) is 3.83.